The Morgan fingerprint density at radius 2 is 1.92 bits per heavy atom. The summed E-state index contributed by atoms with van der Waals surface area (Å²) >= 11 is 0. The highest BCUT2D eigenvalue weighted by atomic mass is 31.1. The molecule has 1 aliphatic heterocycles. The number of hydrogen-bond acceptors (Lipinski definition) is 0. The van der Waals surface area contributed by atoms with E-state index in [-0.39, 0.29) is 0 Å². The first-order valence-corrected chi connectivity index (χ1v) is 7.89. The van der Waals surface area contributed by atoms with E-state index in [4.69, 9.17) is 0 Å². The summed E-state index contributed by atoms with van der Waals surface area (Å²) in [4.78, 5) is 0. The average Bonchev–Trinajstić information content (AvgIpc) is 2.89. The van der Waals surface area contributed by atoms with Gasteiger partial charge in [-0.2, -0.15) is 0 Å². The Kier molecular flexibility index (Phi) is 3.30. The van der Waals surface area contributed by atoms with Gasteiger partial charge in [0.25, 0.3) is 0 Å². The molecule has 3 unspecified atom stereocenters. The fourth-order valence-electron chi connectivity index (χ4n) is 2.99. The van der Waals surface area contributed by atoms with Crippen molar-refractivity contribution in [1.82, 2.24) is 0 Å². The summed E-state index contributed by atoms with van der Waals surface area (Å²) in [6, 6.07) is 0. The lowest BCUT2D eigenvalue weighted by Gasteiger charge is -2.33. The second-order valence-electron chi connectivity index (χ2n) is 5.20. The monoisotopic (exact) mass is 198 g/mol. The molecule has 3 atom stereocenters. The van der Waals surface area contributed by atoms with Crippen LogP contribution in [-0.4, -0.2) is 18.5 Å². The average molecular weight is 198 g/mol. The zero-order valence-corrected chi connectivity index (χ0v) is 10.0. The van der Waals surface area contributed by atoms with Crippen LogP contribution in [0.25, 0.3) is 0 Å². The highest BCUT2D eigenvalue weighted by Crippen LogP contribution is 2.53. The Labute approximate surface area is 84.2 Å². The molecule has 76 valence electrons. The van der Waals surface area contributed by atoms with Crippen LogP contribution < -0.4 is 0 Å². The van der Waals surface area contributed by atoms with Crippen LogP contribution in [0.2, 0.25) is 0 Å². The standard InChI is InChI=1S/C12H23P/c1-10-5-3-4-6-12(10)11(2)9-13-7-8-13/h10-12H,3-9H2,1-2H3. The van der Waals surface area contributed by atoms with Crippen molar-refractivity contribution in [3.63, 3.8) is 0 Å². The van der Waals surface area contributed by atoms with Crippen LogP contribution in [0.15, 0.2) is 0 Å². The van der Waals surface area contributed by atoms with Gasteiger partial charge in [0.05, 0.1) is 0 Å². The Morgan fingerprint density at radius 3 is 2.54 bits per heavy atom. The molecule has 1 saturated heterocycles. The van der Waals surface area contributed by atoms with Crippen LogP contribution in [0, 0.1) is 17.8 Å². The molecule has 0 radical (unpaired) electrons. The molecule has 0 aromatic rings. The van der Waals surface area contributed by atoms with Crippen LogP contribution >= 0.6 is 7.92 Å². The Bertz CT molecular complexity index is 163. The van der Waals surface area contributed by atoms with Gasteiger partial charge >= 0.3 is 0 Å². The minimum absolute atomic E-state index is 0.566. The topological polar surface area (TPSA) is 0 Å². The second kappa shape index (κ2) is 4.30. The largest absolute Gasteiger partial charge is 0.106 e. The molecule has 1 saturated carbocycles. The van der Waals surface area contributed by atoms with E-state index in [1.54, 1.807) is 18.5 Å². The second-order valence-corrected chi connectivity index (χ2v) is 7.80. The molecule has 1 heteroatoms. The van der Waals surface area contributed by atoms with E-state index >= 15 is 0 Å². The predicted molar refractivity (Wildman–Crippen MR) is 61.8 cm³/mol. The van der Waals surface area contributed by atoms with E-state index in [0.29, 0.717) is 7.92 Å². The molecular formula is C12H23P. The van der Waals surface area contributed by atoms with Crippen LogP contribution in [0.1, 0.15) is 39.5 Å². The Balaban J connectivity index is 1.81. The molecule has 1 heterocycles. The first-order chi connectivity index (χ1) is 6.27. The van der Waals surface area contributed by atoms with E-state index in [1.807, 2.05) is 0 Å². The molecule has 0 bridgehead atoms. The van der Waals surface area contributed by atoms with E-state index < -0.39 is 0 Å². The summed E-state index contributed by atoms with van der Waals surface area (Å²) in [5.41, 5.74) is 0. The molecule has 0 aromatic carbocycles. The fourth-order valence-corrected chi connectivity index (χ4v) is 5.00. The minimum Gasteiger partial charge on any atom is -0.106 e. The van der Waals surface area contributed by atoms with Gasteiger partial charge in [-0.3, -0.25) is 0 Å². The third kappa shape index (κ3) is 2.69. The lowest BCUT2D eigenvalue weighted by molar-refractivity contribution is 0.198. The van der Waals surface area contributed by atoms with Crippen molar-refractivity contribution in [1.29, 1.82) is 0 Å². The molecule has 0 spiro atoms. The first kappa shape index (κ1) is 9.97. The maximum atomic E-state index is 2.52. The number of rotatable bonds is 3. The molecular weight excluding hydrogens is 175 g/mol. The molecule has 0 amide bonds. The van der Waals surface area contributed by atoms with Crippen molar-refractivity contribution >= 4 is 7.92 Å². The predicted octanol–water partition coefficient (Wildman–Crippen LogP) is 3.94. The Morgan fingerprint density at radius 1 is 1.23 bits per heavy atom. The van der Waals surface area contributed by atoms with Crippen molar-refractivity contribution in [2.75, 3.05) is 18.5 Å². The van der Waals surface area contributed by atoms with E-state index in [9.17, 15) is 0 Å². The summed E-state index contributed by atoms with van der Waals surface area (Å²) in [6.07, 6.45) is 10.8. The van der Waals surface area contributed by atoms with Crippen molar-refractivity contribution in [2.45, 2.75) is 39.5 Å². The first-order valence-electron chi connectivity index (χ1n) is 5.99. The summed E-state index contributed by atoms with van der Waals surface area (Å²) in [7, 11) is 0.566. The van der Waals surface area contributed by atoms with E-state index in [2.05, 4.69) is 13.8 Å². The number of hydrogen-bond donors (Lipinski definition) is 0. The zero-order valence-electron chi connectivity index (χ0n) is 9.13. The quantitative estimate of drug-likeness (QED) is 0.602. The molecule has 2 aliphatic rings. The summed E-state index contributed by atoms with van der Waals surface area (Å²) < 4.78 is 0. The SMILES string of the molecule is CC1CCCCC1C(C)CP1CC1. The smallest absolute Gasteiger partial charge is 0.0286 e. The van der Waals surface area contributed by atoms with Crippen molar-refractivity contribution in [3.05, 3.63) is 0 Å². The van der Waals surface area contributed by atoms with Crippen molar-refractivity contribution in [2.24, 2.45) is 17.8 Å². The maximum Gasteiger partial charge on any atom is -0.0286 e. The normalized spacial score (nSPS) is 37.4. The van der Waals surface area contributed by atoms with Crippen LogP contribution in [0.4, 0.5) is 0 Å². The summed E-state index contributed by atoms with van der Waals surface area (Å²) in [5, 5.41) is 0. The van der Waals surface area contributed by atoms with Gasteiger partial charge in [-0.1, -0.05) is 33.1 Å². The van der Waals surface area contributed by atoms with E-state index in [1.165, 1.54) is 25.7 Å². The Hall–Kier alpha value is 0.430. The van der Waals surface area contributed by atoms with Gasteiger partial charge in [-0.15, -0.1) is 7.92 Å². The summed E-state index contributed by atoms with van der Waals surface area (Å²) in [6.45, 7) is 5.01. The molecule has 0 aromatic heterocycles. The third-order valence-electron chi connectivity index (χ3n) is 3.99. The van der Waals surface area contributed by atoms with Crippen molar-refractivity contribution < 1.29 is 0 Å². The van der Waals surface area contributed by atoms with E-state index in [0.717, 1.165) is 17.8 Å². The molecule has 1 aliphatic carbocycles. The summed E-state index contributed by atoms with van der Waals surface area (Å²) in [5.74, 6) is 3.15. The highest BCUT2D eigenvalue weighted by Gasteiger charge is 2.30. The van der Waals surface area contributed by atoms with Crippen LogP contribution in [-0.2, 0) is 0 Å². The third-order valence-corrected chi connectivity index (χ3v) is 6.17. The van der Waals surface area contributed by atoms with Gasteiger partial charge in [0.2, 0.25) is 0 Å². The van der Waals surface area contributed by atoms with Gasteiger partial charge in [0.1, 0.15) is 0 Å². The van der Waals surface area contributed by atoms with Crippen LogP contribution in [0.3, 0.4) is 0 Å². The lowest BCUT2D eigenvalue weighted by atomic mass is 9.74. The lowest BCUT2D eigenvalue weighted by Crippen LogP contribution is -2.24. The molecule has 2 rings (SSSR count). The molecule has 13 heavy (non-hydrogen) atoms. The van der Waals surface area contributed by atoms with Gasteiger partial charge < -0.3 is 0 Å². The van der Waals surface area contributed by atoms with Gasteiger partial charge in [-0.05, 0) is 42.7 Å². The van der Waals surface area contributed by atoms with Gasteiger partial charge in [0, 0.05) is 0 Å². The van der Waals surface area contributed by atoms with Gasteiger partial charge in [0.15, 0.2) is 0 Å². The molecule has 0 N–H and O–H groups in total. The minimum atomic E-state index is 0.566. The zero-order chi connectivity index (χ0) is 9.26. The molecule has 0 nitrogen and oxygen atoms in total. The van der Waals surface area contributed by atoms with Crippen molar-refractivity contribution in [3.8, 4) is 0 Å². The van der Waals surface area contributed by atoms with Crippen LogP contribution in [0.5, 0.6) is 0 Å². The highest BCUT2D eigenvalue weighted by molar-refractivity contribution is 7.65. The fraction of sp³-hybridized carbons (Fsp3) is 1.00. The molecule has 2 fully saturated rings. The van der Waals surface area contributed by atoms with Gasteiger partial charge in [-0.25, -0.2) is 0 Å². The maximum absolute atomic E-state index is 2.52.